The third-order valence-corrected chi connectivity index (χ3v) is 5.55. The van der Waals surface area contributed by atoms with Crippen LogP contribution in [-0.4, -0.2) is 18.2 Å². The van der Waals surface area contributed by atoms with Gasteiger partial charge in [0.2, 0.25) is 0 Å². The first kappa shape index (κ1) is 14.3. The maximum Gasteiger partial charge on any atom is 0.0659 e. The molecular formula is C16H31NO. The van der Waals surface area contributed by atoms with Gasteiger partial charge in [-0.2, -0.15) is 0 Å². The second-order valence-electron chi connectivity index (χ2n) is 7.65. The van der Waals surface area contributed by atoms with Crippen LogP contribution >= 0.6 is 0 Å². The third kappa shape index (κ3) is 2.60. The van der Waals surface area contributed by atoms with E-state index in [-0.39, 0.29) is 5.41 Å². The van der Waals surface area contributed by atoms with Crippen LogP contribution in [0.4, 0.5) is 0 Å². The normalized spacial score (nSPS) is 43.8. The Kier molecular flexibility index (Phi) is 4.08. The summed E-state index contributed by atoms with van der Waals surface area (Å²) in [4.78, 5) is 0. The van der Waals surface area contributed by atoms with Crippen LogP contribution in [0.2, 0.25) is 0 Å². The first-order chi connectivity index (χ1) is 8.32. The molecule has 18 heavy (non-hydrogen) atoms. The summed E-state index contributed by atoms with van der Waals surface area (Å²) >= 11 is 0. The molecule has 0 saturated heterocycles. The highest BCUT2D eigenvalue weighted by atomic mass is 16.5. The molecule has 2 rings (SSSR count). The lowest BCUT2D eigenvalue weighted by Gasteiger charge is -2.52. The molecule has 0 heterocycles. The van der Waals surface area contributed by atoms with Crippen LogP contribution in [0.5, 0.6) is 0 Å². The van der Waals surface area contributed by atoms with E-state index in [1.807, 2.05) is 0 Å². The third-order valence-electron chi connectivity index (χ3n) is 5.55. The van der Waals surface area contributed by atoms with Gasteiger partial charge in [-0.1, -0.05) is 41.0 Å². The van der Waals surface area contributed by atoms with E-state index in [0.717, 1.165) is 24.2 Å². The Morgan fingerprint density at radius 3 is 2.33 bits per heavy atom. The monoisotopic (exact) mass is 253 g/mol. The fraction of sp³-hybridized carbons (Fsp3) is 1.00. The zero-order chi connectivity index (χ0) is 13.5. The molecular weight excluding hydrogens is 222 g/mol. The second kappa shape index (κ2) is 5.13. The van der Waals surface area contributed by atoms with Crippen molar-refractivity contribution in [2.45, 2.75) is 78.6 Å². The van der Waals surface area contributed by atoms with E-state index < -0.39 is 0 Å². The number of rotatable bonds is 3. The van der Waals surface area contributed by atoms with Crippen molar-refractivity contribution in [3.8, 4) is 0 Å². The van der Waals surface area contributed by atoms with E-state index in [0.29, 0.717) is 18.2 Å². The Labute approximate surface area is 113 Å². The van der Waals surface area contributed by atoms with Gasteiger partial charge < -0.3 is 10.5 Å². The van der Waals surface area contributed by atoms with Gasteiger partial charge in [0.15, 0.2) is 0 Å². The van der Waals surface area contributed by atoms with Crippen molar-refractivity contribution in [1.82, 2.24) is 0 Å². The smallest absolute Gasteiger partial charge is 0.0659 e. The first-order valence-corrected chi connectivity index (χ1v) is 7.73. The zero-order valence-electron chi connectivity index (χ0n) is 12.8. The Hall–Kier alpha value is -0.0800. The summed E-state index contributed by atoms with van der Waals surface area (Å²) in [6.45, 7) is 11.6. The summed E-state index contributed by atoms with van der Waals surface area (Å²) in [6, 6.07) is 0.320. The van der Waals surface area contributed by atoms with Crippen LogP contribution in [0.15, 0.2) is 0 Å². The van der Waals surface area contributed by atoms with Gasteiger partial charge in [-0.3, -0.25) is 0 Å². The lowest BCUT2D eigenvalue weighted by molar-refractivity contribution is -0.169. The molecule has 2 fully saturated rings. The average Bonchev–Trinajstić information content (AvgIpc) is 2.28. The van der Waals surface area contributed by atoms with Gasteiger partial charge in [-0.15, -0.1) is 0 Å². The van der Waals surface area contributed by atoms with Gasteiger partial charge in [0.1, 0.15) is 0 Å². The number of ether oxygens (including phenoxy) is 1. The van der Waals surface area contributed by atoms with Crippen LogP contribution in [0.25, 0.3) is 0 Å². The van der Waals surface area contributed by atoms with Crippen LogP contribution < -0.4 is 5.73 Å². The maximum absolute atomic E-state index is 6.48. The average molecular weight is 253 g/mol. The number of hydrogen-bond donors (Lipinski definition) is 1. The molecule has 0 bridgehead atoms. The lowest BCUT2D eigenvalue weighted by atomic mass is 9.64. The lowest BCUT2D eigenvalue weighted by Crippen LogP contribution is -2.60. The molecule has 0 spiro atoms. The molecule has 0 amide bonds. The van der Waals surface area contributed by atoms with Gasteiger partial charge in [-0.05, 0) is 37.0 Å². The largest absolute Gasteiger partial charge is 0.374 e. The number of nitrogens with two attached hydrogens (primary N) is 1. The van der Waals surface area contributed by atoms with Crippen molar-refractivity contribution < 1.29 is 4.74 Å². The molecule has 2 saturated carbocycles. The molecule has 0 radical (unpaired) electrons. The van der Waals surface area contributed by atoms with Crippen LogP contribution in [0.3, 0.4) is 0 Å². The van der Waals surface area contributed by atoms with Crippen LogP contribution in [-0.2, 0) is 4.74 Å². The van der Waals surface area contributed by atoms with Gasteiger partial charge in [-0.25, -0.2) is 0 Å². The Bertz CT molecular complexity index is 287. The summed E-state index contributed by atoms with van der Waals surface area (Å²) in [6.07, 6.45) is 5.83. The van der Waals surface area contributed by atoms with Gasteiger partial charge in [0.25, 0.3) is 0 Å². The van der Waals surface area contributed by atoms with E-state index in [9.17, 15) is 0 Å². The molecule has 106 valence electrons. The summed E-state index contributed by atoms with van der Waals surface area (Å²) in [5, 5.41) is 0. The van der Waals surface area contributed by atoms with E-state index in [2.05, 4.69) is 34.6 Å². The van der Waals surface area contributed by atoms with Gasteiger partial charge >= 0.3 is 0 Å². The van der Waals surface area contributed by atoms with Gasteiger partial charge in [0, 0.05) is 11.5 Å². The van der Waals surface area contributed by atoms with Crippen molar-refractivity contribution in [3.05, 3.63) is 0 Å². The molecule has 0 aromatic carbocycles. The van der Waals surface area contributed by atoms with Crippen molar-refractivity contribution >= 4 is 0 Å². The molecule has 0 aliphatic heterocycles. The second-order valence-corrected chi connectivity index (χ2v) is 7.65. The zero-order valence-corrected chi connectivity index (χ0v) is 12.8. The highest BCUT2D eigenvalue weighted by Crippen LogP contribution is 2.45. The molecule has 2 aliphatic rings. The minimum absolute atomic E-state index is 0.169. The van der Waals surface area contributed by atoms with E-state index >= 15 is 0 Å². The molecule has 2 nitrogen and oxygen atoms in total. The minimum atomic E-state index is 0.169. The quantitative estimate of drug-likeness (QED) is 0.834. The molecule has 2 N–H and O–H groups in total. The first-order valence-electron chi connectivity index (χ1n) is 7.73. The minimum Gasteiger partial charge on any atom is -0.374 e. The standard InChI is InChI=1S/C16H31NO/c1-10(2)12-7-6-11(3)8-13(12)18-15-9-14(17)16(15,4)5/h10-15H,6-9,17H2,1-5H3. The van der Waals surface area contributed by atoms with Crippen molar-refractivity contribution in [2.75, 3.05) is 0 Å². The Morgan fingerprint density at radius 1 is 1.17 bits per heavy atom. The SMILES string of the molecule is CC1CCC(C(C)C)C(OC2CC(N)C2(C)C)C1. The molecule has 5 atom stereocenters. The molecule has 0 aromatic heterocycles. The predicted octanol–water partition coefficient (Wildman–Crippen LogP) is 3.59. The fourth-order valence-corrected chi connectivity index (χ4v) is 3.63. The molecule has 0 aromatic rings. The molecule has 2 heteroatoms. The Balaban J connectivity index is 1.97. The summed E-state index contributed by atoms with van der Waals surface area (Å²) in [5.74, 6) is 2.30. The molecule has 2 aliphatic carbocycles. The predicted molar refractivity (Wildman–Crippen MR) is 76.4 cm³/mol. The maximum atomic E-state index is 6.48. The highest BCUT2D eigenvalue weighted by Gasteiger charge is 2.48. The van der Waals surface area contributed by atoms with Crippen LogP contribution in [0, 0.1) is 23.2 Å². The highest BCUT2D eigenvalue weighted by molar-refractivity contribution is 5.01. The van der Waals surface area contributed by atoms with E-state index in [4.69, 9.17) is 10.5 Å². The fourth-order valence-electron chi connectivity index (χ4n) is 3.63. The topological polar surface area (TPSA) is 35.2 Å². The summed E-state index contributed by atoms with van der Waals surface area (Å²) < 4.78 is 6.48. The van der Waals surface area contributed by atoms with Crippen molar-refractivity contribution in [3.63, 3.8) is 0 Å². The molecule has 5 unspecified atom stereocenters. The summed E-state index contributed by atoms with van der Waals surface area (Å²) in [7, 11) is 0. The van der Waals surface area contributed by atoms with Gasteiger partial charge in [0.05, 0.1) is 12.2 Å². The van der Waals surface area contributed by atoms with E-state index in [1.54, 1.807) is 0 Å². The van der Waals surface area contributed by atoms with Crippen molar-refractivity contribution in [2.24, 2.45) is 28.9 Å². The summed E-state index contributed by atoms with van der Waals surface area (Å²) in [5.41, 5.74) is 6.26. The van der Waals surface area contributed by atoms with Crippen LogP contribution in [0.1, 0.15) is 60.3 Å². The van der Waals surface area contributed by atoms with Crippen molar-refractivity contribution in [1.29, 1.82) is 0 Å². The number of hydrogen-bond acceptors (Lipinski definition) is 2. The Morgan fingerprint density at radius 2 is 1.83 bits per heavy atom. The van der Waals surface area contributed by atoms with E-state index in [1.165, 1.54) is 19.3 Å².